The van der Waals surface area contributed by atoms with Gasteiger partial charge in [-0.05, 0) is 49.4 Å². The fourth-order valence-corrected chi connectivity index (χ4v) is 3.20. The highest BCUT2D eigenvalue weighted by molar-refractivity contribution is 9.10. The van der Waals surface area contributed by atoms with Gasteiger partial charge in [-0.25, -0.2) is 0 Å². The average molecular weight is 407 g/mol. The normalized spacial score (nSPS) is 15.6. The molecule has 128 valence electrons. The standard InChI is InChI=1S/C21H15BrN2O2/c1-14-19(21(25)24(23-14)17-8-3-2-4-9-17)13-18-10-11-20(26-18)15-6-5-7-16(22)12-15/h2-13H,1H3/b19-13-. The number of carbonyl (C=O) groups is 1. The predicted octanol–water partition coefficient (Wildman–Crippen LogP) is 5.52. The van der Waals surface area contributed by atoms with Crippen molar-refractivity contribution in [3.63, 3.8) is 0 Å². The molecule has 0 saturated heterocycles. The molecule has 1 aliphatic rings. The first-order valence-electron chi connectivity index (χ1n) is 8.14. The van der Waals surface area contributed by atoms with Crippen molar-refractivity contribution in [2.24, 2.45) is 5.10 Å². The van der Waals surface area contributed by atoms with Crippen LogP contribution in [0.4, 0.5) is 5.69 Å². The maximum absolute atomic E-state index is 12.7. The van der Waals surface area contributed by atoms with Gasteiger partial charge in [0.2, 0.25) is 0 Å². The van der Waals surface area contributed by atoms with E-state index < -0.39 is 0 Å². The Kier molecular flexibility index (Phi) is 4.31. The molecule has 0 unspecified atom stereocenters. The molecular weight excluding hydrogens is 392 g/mol. The van der Waals surface area contributed by atoms with Crippen molar-refractivity contribution >= 4 is 39.3 Å². The van der Waals surface area contributed by atoms with Gasteiger partial charge in [0.1, 0.15) is 11.5 Å². The molecule has 5 heteroatoms. The number of anilines is 1. The summed E-state index contributed by atoms with van der Waals surface area (Å²) in [6.07, 6.45) is 1.74. The van der Waals surface area contributed by atoms with Gasteiger partial charge in [-0.1, -0.05) is 46.3 Å². The molecule has 0 fully saturated rings. The number of nitrogens with zero attached hydrogens (tertiary/aromatic N) is 2. The number of rotatable bonds is 3. The second-order valence-corrected chi connectivity index (χ2v) is 6.82. The topological polar surface area (TPSA) is 45.8 Å². The van der Waals surface area contributed by atoms with E-state index >= 15 is 0 Å². The molecule has 0 atom stereocenters. The van der Waals surface area contributed by atoms with Crippen LogP contribution in [-0.4, -0.2) is 11.6 Å². The SMILES string of the molecule is CC1=NN(c2ccccc2)C(=O)/C1=C\c1ccc(-c2cccc(Br)c2)o1. The summed E-state index contributed by atoms with van der Waals surface area (Å²) in [6, 6.07) is 21.0. The van der Waals surface area contributed by atoms with Crippen LogP contribution in [-0.2, 0) is 4.79 Å². The second kappa shape index (κ2) is 6.77. The lowest BCUT2D eigenvalue weighted by atomic mass is 10.1. The first-order valence-corrected chi connectivity index (χ1v) is 8.94. The average Bonchev–Trinajstić information content (AvgIpc) is 3.23. The number of benzene rings is 2. The van der Waals surface area contributed by atoms with Gasteiger partial charge < -0.3 is 4.42 Å². The Balaban J connectivity index is 1.63. The third kappa shape index (κ3) is 3.13. The fraction of sp³-hybridized carbons (Fsp3) is 0.0476. The van der Waals surface area contributed by atoms with Crippen molar-refractivity contribution in [2.45, 2.75) is 6.92 Å². The Morgan fingerprint density at radius 2 is 1.85 bits per heavy atom. The van der Waals surface area contributed by atoms with E-state index in [0.717, 1.165) is 21.5 Å². The van der Waals surface area contributed by atoms with E-state index in [1.54, 1.807) is 6.08 Å². The number of carbonyl (C=O) groups excluding carboxylic acids is 1. The third-order valence-electron chi connectivity index (χ3n) is 4.09. The van der Waals surface area contributed by atoms with Crippen LogP contribution in [0, 0.1) is 0 Å². The molecule has 2 aromatic carbocycles. The number of para-hydroxylation sites is 1. The molecule has 4 nitrogen and oxygen atoms in total. The summed E-state index contributed by atoms with van der Waals surface area (Å²) in [4.78, 5) is 12.7. The minimum atomic E-state index is -0.158. The van der Waals surface area contributed by atoms with Crippen LogP contribution >= 0.6 is 15.9 Å². The van der Waals surface area contributed by atoms with Gasteiger partial charge in [0.25, 0.3) is 5.91 Å². The summed E-state index contributed by atoms with van der Waals surface area (Å²) in [7, 11) is 0. The predicted molar refractivity (Wildman–Crippen MR) is 107 cm³/mol. The van der Waals surface area contributed by atoms with Gasteiger partial charge in [0, 0.05) is 10.0 Å². The van der Waals surface area contributed by atoms with E-state index in [1.165, 1.54) is 5.01 Å². The molecule has 26 heavy (non-hydrogen) atoms. The molecule has 0 radical (unpaired) electrons. The van der Waals surface area contributed by atoms with Crippen LogP contribution in [0.2, 0.25) is 0 Å². The highest BCUT2D eigenvalue weighted by Crippen LogP contribution is 2.28. The maximum atomic E-state index is 12.7. The molecule has 1 amide bonds. The molecule has 4 rings (SSSR count). The molecule has 1 aliphatic heterocycles. The maximum Gasteiger partial charge on any atom is 0.280 e. The third-order valence-corrected chi connectivity index (χ3v) is 4.58. The minimum Gasteiger partial charge on any atom is -0.457 e. The van der Waals surface area contributed by atoms with E-state index in [1.807, 2.05) is 73.7 Å². The van der Waals surface area contributed by atoms with Crippen LogP contribution < -0.4 is 5.01 Å². The van der Waals surface area contributed by atoms with E-state index in [0.29, 0.717) is 17.0 Å². The van der Waals surface area contributed by atoms with Gasteiger partial charge in [-0.15, -0.1) is 0 Å². The molecule has 0 spiro atoms. The second-order valence-electron chi connectivity index (χ2n) is 5.91. The van der Waals surface area contributed by atoms with Gasteiger partial charge in [0.15, 0.2) is 0 Å². The van der Waals surface area contributed by atoms with Crippen LogP contribution in [0.1, 0.15) is 12.7 Å². The lowest BCUT2D eigenvalue weighted by Crippen LogP contribution is -2.21. The number of amides is 1. The zero-order chi connectivity index (χ0) is 18.1. The summed E-state index contributed by atoms with van der Waals surface area (Å²) >= 11 is 3.46. The summed E-state index contributed by atoms with van der Waals surface area (Å²) in [5.41, 5.74) is 2.91. The number of halogens is 1. The van der Waals surface area contributed by atoms with Gasteiger partial charge in [-0.3, -0.25) is 4.79 Å². The molecule has 2 heterocycles. The highest BCUT2D eigenvalue weighted by atomic mass is 79.9. The Morgan fingerprint density at radius 1 is 1.04 bits per heavy atom. The monoisotopic (exact) mass is 406 g/mol. The summed E-state index contributed by atoms with van der Waals surface area (Å²) in [5.74, 6) is 1.21. The van der Waals surface area contributed by atoms with Crippen LogP contribution in [0.5, 0.6) is 0 Å². The molecule has 1 aromatic heterocycles. The number of hydrogen-bond donors (Lipinski definition) is 0. The van der Waals surface area contributed by atoms with Crippen molar-refractivity contribution in [1.29, 1.82) is 0 Å². The number of hydrogen-bond acceptors (Lipinski definition) is 3. The Morgan fingerprint density at radius 3 is 2.62 bits per heavy atom. The first kappa shape index (κ1) is 16.5. The van der Waals surface area contributed by atoms with Crippen LogP contribution in [0.15, 0.2) is 86.3 Å². The van der Waals surface area contributed by atoms with Crippen molar-refractivity contribution in [1.82, 2.24) is 0 Å². The smallest absolute Gasteiger partial charge is 0.280 e. The fourth-order valence-electron chi connectivity index (χ4n) is 2.80. The Labute approximate surface area is 159 Å². The summed E-state index contributed by atoms with van der Waals surface area (Å²) in [5, 5.41) is 5.79. The largest absolute Gasteiger partial charge is 0.457 e. The molecule has 3 aromatic rings. The number of furan rings is 1. The van der Waals surface area contributed by atoms with Crippen LogP contribution in [0.3, 0.4) is 0 Å². The van der Waals surface area contributed by atoms with E-state index in [4.69, 9.17) is 4.42 Å². The van der Waals surface area contributed by atoms with Crippen molar-refractivity contribution in [3.05, 3.63) is 82.5 Å². The summed E-state index contributed by atoms with van der Waals surface area (Å²) in [6.45, 7) is 1.82. The number of hydrazone groups is 1. The minimum absolute atomic E-state index is 0.158. The zero-order valence-electron chi connectivity index (χ0n) is 14.0. The molecule has 0 saturated carbocycles. The highest BCUT2D eigenvalue weighted by Gasteiger charge is 2.28. The Hall–Kier alpha value is -2.92. The zero-order valence-corrected chi connectivity index (χ0v) is 15.6. The molecule has 0 N–H and O–H groups in total. The molecule has 0 bridgehead atoms. The molecular formula is C21H15BrN2O2. The van der Waals surface area contributed by atoms with E-state index in [-0.39, 0.29) is 5.91 Å². The van der Waals surface area contributed by atoms with Gasteiger partial charge in [-0.2, -0.15) is 10.1 Å². The molecule has 0 aliphatic carbocycles. The van der Waals surface area contributed by atoms with E-state index in [9.17, 15) is 4.79 Å². The lowest BCUT2D eigenvalue weighted by molar-refractivity contribution is -0.114. The van der Waals surface area contributed by atoms with Crippen molar-refractivity contribution in [2.75, 3.05) is 5.01 Å². The quantitative estimate of drug-likeness (QED) is 0.537. The van der Waals surface area contributed by atoms with Crippen molar-refractivity contribution in [3.8, 4) is 11.3 Å². The van der Waals surface area contributed by atoms with Crippen LogP contribution in [0.25, 0.3) is 17.4 Å². The van der Waals surface area contributed by atoms with Gasteiger partial charge in [0.05, 0.1) is 17.0 Å². The lowest BCUT2D eigenvalue weighted by Gasteiger charge is -2.10. The van der Waals surface area contributed by atoms with Crippen molar-refractivity contribution < 1.29 is 9.21 Å². The Bertz CT molecular complexity index is 1030. The first-order chi connectivity index (χ1) is 12.6. The van der Waals surface area contributed by atoms with Gasteiger partial charge >= 0.3 is 0 Å². The summed E-state index contributed by atoms with van der Waals surface area (Å²) < 4.78 is 6.89. The van der Waals surface area contributed by atoms with E-state index in [2.05, 4.69) is 21.0 Å².